The van der Waals surface area contributed by atoms with Gasteiger partial charge in [-0.25, -0.2) is 0 Å². The van der Waals surface area contributed by atoms with Gasteiger partial charge < -0.3 is 19.7 Å². The van der Waals surface area contributed by atoms with Crippen molar-refractivity contribution in [3.8, 4) is 11.5 Å². The Bertz CT molecular complexity index is 668. The van der Waals surface area contributed by atoms with Crippen molar-refractivity contribution >= 4 is 5.91 Å². The molecule has 4 aliphatic rings. The van der Waals surface area contributed by atoms with E-state index in [1.165, 1.54) is 43.4 Å². The number of quaternary nitrogens is 1. The first kappa shape index (κ1) is 18.6. The molecular formula is C22H33N2O3+. The SMILES string of the molecule is COc1ccc(C[NH+](C)CC(=O)NC23CC4CC(CC(C4)C2)C3)cc1OC. The normalized spacial score (nSPS) is 32.2. The number of carbonyl (C=O) groups is 1. The molecule has 1 aromatic carbocycles. The molecule has 0 spiro atoms. The number of hydrogen-bond acceptors (Lipinski definition) is 3. The van der Waals surface area contributed by atoms with Crippen molar-refractivity contribution in [1.29, 1.82) is 0 Å². The van der Waals surface area contributed by atoms with E-state index in [0.717, 1.165) is 41.4 Å². The molecule has 4 saturated carbocycles. The number of carbonyl (C=O) groups excluding carboxylic acids is 1. The Morgan fingerprint density at radius 2 is 1.67 bits per heavy atom. The maximum Gasteiger partial charge on any atom is 0.275 e. The van der Waals surface area contributed by atoms with Gasteiger partial charge in [0, 0.05) is 11.1 Å². The van der Waals surface area contributed by atoms with Crippen molar-refractivity contribution in [2.24, 2.45) is 17.8 Å². The van der Waals surface area contributed by atoms with Crippen molar-refractivity contribution in [3.05, 3.63) is 23.8 Å². The Labute approximate surface area is 162 Å². The molecule has 27 heavy (non-hydrogen) atoms. The molecule has 4 bridgehead atoms. The fraction of sp³-hybridized carbons (Fsp3) is 0.682. The number of methoxy groups -OCH3 is 2. The third-order valence-electron chi connectivity index (χ3n) is 6.86. The van der Waals surface area contributed by atoms with Gasteiger partial charge in [0.25, 0.3) is 5.91 Å². The lowest BCUT2D eigenvalue weighted by Crippen LogP contribution is -3.09. The second-order valence-electron chi connectivity index (χ2n) is 9.25. The molecule has 0 aliphatic heterocycles. The van der Waals surface area contributed by atoms with E-state index in [4.69, 9.17) is 9.47 Å². The average Bonchev–Trinajstić information content (AvgIpc) is 2.59. The molecule has 1 unspecified atom stereocenters. The summed E-state index contributed by atoms with van der Waals surface area (Å²) in [6.45, 7) is 1.30. The van der Waals surface area contributed by atoms with Crippen LogP contribution in [0.2, 0.25) is 0 Å². The fourth-order valence-corrected chi connectivity index (χ4v) is 6.28. The van der Waals surface area contributed by atoms with Gasteiger partial charge in [0.1, 0.15) is 6.54 Å². The molecule has 4 aliphatic carbocycles. The van der Waals surface area contributed by atoms with E-state index in [1.807, 2.05) is 18.2 Å². The lowest BCUT2D eigenvalue weighted by Gasteiger charge is -2.56. The number of rotatable bonds is 7. The van der Waals surface area contributed by atoms with Gasteiger partial charge in [0.2, 0.25) is 0 Å². The van der Waals surface area contributed by atoms with Gasteiger partial charge in [-0.3, -0.25) is 4.79 Å². The monoisotopic (exact) mass is 373 g/mol. The summed E-state index contributed by atoms with van der Waals surface area (Å²) in [6, 6.07) is 5.97. The van der Waals surface area contributed by atoms with Gasteiger partial charge in [-0.15, -0.1) is 0 Å². The second-order valence-corrected chi connectivity index (χ2v) is 9.25. The van der Waals surface area contributed by atoms with Crippen LogP contribution in [-0.4, -0.2) is 39.3 Å². The fourth-order valence-electron chi connectivity index (χ4n) is 6.28. The van der Waals surface area contributed by atoms with Gasteiger partial charge in [0.05, 0.1) is 21.3 Å². The molecule has 4 fully saturated rings. The summed E-state index contributed by atoms with van der Waals surface area (Å²) in [6.07, 6.45) is 7.83. The van der Waals surface area contributed by atoms with E-state index in [0.29, 0.717) is 6.54 Å². The lowest BCUT2D eigenvalue weighted by molar-refractivity contribution is -0.885. The van der Waals surface area contributed by atoms with Crippen molar-refractivity contribution in [2.45, 2.75) is 50.6 Å². The van der Waals surface area contributed by atoms with E-state index in [-0.39, 0.29) is 11.4 Å². The Hall–Kier alpha value is -1.75. The van der Waals surface area contributed by atoms with Gasteiger partial charge in [-0.2, -0.15) is 0 Å². The largest absolute Gasteiger partial charge is 0.493 e. The summed E-state index contributed by atoms with van der Waals surface area (Å²) in [5.74, 6) is 4.24. The summed E-state index contributed by atoms with van der Waals surface area (Å²) in [4.78, 5) is 14.0. The number of nitrogens with one attached hydrogen (secondary N) is 2. The third kappa shape index (κ3) is 3.93. The van der Waals surface area contributed by atoms with Crippen LogP contribution in [0.4, 0.5) is 0 Å². The van der Waals surface area contributed by atoms with Crippen LogP contribution in [0.5, 0.6) is 11.5 Å². The lowest BCUT2D eigenvalue weighted by atomic mass is 9.53. The molecule has 0 aromatic heterocycles. The predicted octanol–water partition coefficient (Wildman–Crippen LogP) is 1.80. The van der Waals surface area contributed by atoms with E-state index >= 15 is 0 Å². The summed E-state index contributed by atoms with van der Waals surface area (Å²) in [5.41, 5.74) is 1.25. The van der Waals surface area contributed by atoms with Crippen LogP contribution in [0.1, 0.15) is 44.1 Å². The highest BCUT2D eigenvalue weighted by Crippen LogP contribution is 2.55. The molecule has 148 valence electrons. The maximum absolute atomic E-state index is 12.8. The smallest absolute Gasteiger partial charge is 0.275 e. The van der Waals surface area contributed by atoms with Crippen LogP contribution < -0.4 is 19.7 Å². The Balaban J connectivity index is 1.33. The third-order valence-corrected chi connectivity index (χ3v) is 6.86. The van der Waals surface area contributed by atoms with E-state index in [2.05, 4.69) is 12.4 Å². The van der Waals surface area contributed by atoms with E-state index < -0.39 is 0 Å². The predicted molar refractivity (Wildman–Crippen MR) is 104 cm³/mol. The summed E-state index contributed by atoms with van der Waals surface area (Å²) in [5, 5.41) is 3.48. The Kier molecular flexibility index (Phi) is 5.06. The van der Waals surface area contributed by atoms with Crippen LogP contribution >= 0.6 is 0 Å². The van der Waals surface area contributed by atoms with Crippen molar-refractivity contribution in [2.75, 3.05) is 27.8 Å². The molecule has 1 amide bonds. The van der Waals surface area contributed by atoms with Crippen LogP contribution in [0.15, 0.2) is 18.2 Å². The molecule has 2 N–H and O–H groups in total. The molecule has 5 heteroatoms. The number of ether oxygens (including phenoxy) is 2. The average molecular weight is 374 g/mol. The van der Waals surface area contributed by atoms with Crippen LogP contribution in [0.3, 0.4) is 0 Å². The maximum atomic E-state index is 12.8. The molecular weight excluding hydrogens is 340 g/mol. The highest BCUT2D eigenvalue weighted by atomic mass is 16.5. The zero-order valence-corrected chi connectivity index (χ0v) is 16.8. The minimum absolute atomic E-state index is 0.107. The number of hydrogen-bond donors (Lipinski definition) is 2. The second kappa shape index (κ2) is 7.34. The summed E-state index contributed by atoms with van der Waals surface area (Å²) in [7, 11) is 5.37. The van der Waals surface area contributed by atoms with Crippen molar-refractivity contribution in [1.82, 2.24) is 5.32 Å². The molecule has 1 atom stereocenters. The molecule has 5 nitrogen and oxygen atoms in total. The first-order valence-electron chi connectivity index (χ1n) is 10.3. The van der Waals surface area contributed by atoms with Gasteiger partial charge in [-0.05, 0) is 74.5 Å². The topological polar surface area (TPSA) is 52.0 Å². The van der Waals surface area contributed by atoms with Gasteiger partial charge in [0.15, 0.2) is 18.0 Å². The van der Waals surface area contributed by atoms with Gasteiger partial charge >= 0.3 is 0 Å². The standard InChI is InChI=1S/C22H32N2O3/c1-24(13-15-4-5-19(26-2)20(9-15)27-3)14-21(25)23-22-10-16-6-17(11-22)8-18(7-16)12-22/h4-5,9,16-18H,6-8,10-14H2,1-3H3,(H,23,25)/p+1. The highest BCUT2D eigenvalue weighted by Gasteiger charge is 2.51. The van der Waals surface area contributed by atoms with Crippen LogP contribution in [0, 0.1) is 17.8 Å². The minimum Gasteiger partial charge on any atom is -0.493 e. The quantitative estimate of drug-likeness (QED) is 0.766. The van der Waals surface area contributed by atoms with Crippen molar-refractivity contribution < 1.29 is 19.2 Å². The first-order chi connectivity index (χ1) is 13.0. The summed E-state index contributed by atoms with van der Waals surface area (Å²) < 4.78 is 10.7. The molecule has 0 radical (unpaired) electrons. The van der Waals surface area contributed by atoms with Gasteiger partial charge in [-0.1, -0.05) is 0 Å². The molecule has 1 aromatic rings. The highest BCUT2D eigenvalue weighted by molar-refractivity contribution is 5.77. The number of benzene rings is 1. The summed E-state index contributed by atoms with van der Waals surface area (Å²) >= 11 is 0. The van der Waals surface area contributed by atoms with Crippen LogP contribution in [0.25, 0.3) is 0 Å². The Morgan fingerprint density at radius 1 is 1.07 bits per heavy atom. The Morgan fingerprint density at radius 3 is 2.22 bits per heavy atom. The van der Waals surface area contributed by atoms with E-state index in [1.54, 1.807) is 14.2 Å². The molecule has 5 rings (SSSR count). The zero-order chi connectivity index (χ0) is 19.0. The van der Waals surface area contributed by atoms with Crippen LogP contribution in [-0.2, 0) is 11.3 Å². The zero-order valence-electron chi connectivity index (χ0n) is 16.8. The minimum atomic E-state index is 0.107. The molecule has 0 saturated heterocycles. The number of amides is 1. The number of likely N-dealkylation sites (N-methyl/N-ethyl adjacent to an activating group) is 1. The van der Waals surface area contributed by atoms with Crippen molar-refractivity contribution in [3.63, 3.8) is 0 Å². The molecule has 0 heterocycles. The van der Waals surface area contributed by atoms with E-state index in [9.17, 15) is 4.79 Å². The first-order valence-corrected chi connectivity index (χ1v) is 10.3.